The monoisotopic (exact) mass is 376 g/mol. The first-order chi connectivity index (χ1) is 13.1. The van der Waals surface area contributed by atoms with Crippen LogP contribution in [-0.4, -0.2) is 30.4 Å². The number of hydrogen-bond acceptors (Lipinski definition) is 6. The molecule has 1 unspecified atom stereocenters. The molecule has 0 fully saturated rings. The molecule has 0 aliphatic heterocycles. The first-order valence-electron chi connectivity index (χ1n) is 9.59. The van der Waals surface area contributed by atoms with E-state index in [1.54, 1.807) is 24.3 Å². The molecule has 0 spiro atoms. The van der Waals surface area contributed by atoms with E-state index < -0.39 is 11.7 Å². The van der Waals surface area contributed by atoms with Crippen LogP contribution < -0.4 is 10.4 Å². The van der Waals surface area contributed by atoms with Crippen LogP contribution in [-0.2, 0) is 9.53 Å². The van der Waals surface area contributed by atoms with Crippen LogP contribution >= 0.6 is 0 Å². The molecule has 1 atom stereocenters. The molecular formula is C21H28O6. The summed E-state index contributed by atoms with van der Waals surface area (Å²) in [6.07, 6.45) is 5.33. The Morgan fingerprint density at radius 2 is 1.93 bits per heavy atom. The van der Waals surface area contributed by atoms with Crippen LogP contribution in [0.25, 0.3) is 11.0 Å². The van der Waals surface area contributed by atoms with E-state index >= 15 is 0 Å². The SMILES string of the molecule is CCCCCCCC(=O)OCC(O)CCOc1ccc2ccc(=O)oc2c1. The second-order valence-corrected chi connectivity index (χ2v) is 6.59. The molecule has 1 aromatic carbocycles. The maximum Gasteiger partial charge on any atom is 0.336 e. The molecule has 0 saturated carbocycles. The molecule has 0 saturated heterocycles. The Labute approximate surface area is 159 Å². The van der Waals surface area contributed by atoms with Crippen LogP contribution in [0.15, 0.2) is 39.5 Å². The topological polar surface area (TPSA) is 86.0 Å². The van der Waals surface area contributed by atoms with E-state index in [-0.39, 0.29) is 19.2 Å². The van der Waals surface area contributed by atoms with Crippen molar-refractivity contribution in [1.82, 2.24) is 0 Å². The number of aliphatic hydroxyl groups is 1. The Morgan fingerprint density at radius 3 is 2.74 bits per heavy atom. The third-order valence-electron chi connectivity index (χ3n) is 4.24. The smallest absolute Gasteiger partial charge is 0.336 e. The fourth-order valence-corrected chi connectivity index (χ4v) is 2.66. The quantitative estimate of drug-likeness (QED) is 0.344. The van der Waals surface area contributed by atoms with E-state index in [9.17, 15) is 14.7 Å². The van der Waals surface area contributed by atoms with Crippen molar-refractivity contribution in [2.24, 2.45) is 0 Å². The zero-order valence-electron chi connectivity index (χ0n) is 15.8. The largest absolute Gasteiger partial charge is 0.493 e. The molecule has 148 valence electrons. The number of carbonyl (C=O) groups excluding carboxylic acids is 1. The maximum absolute atomic E-state index is 11.6. The predicted octanol–water partition coefficient (Wildman–Crippen LogP) is 3.83. The zero-order valence-corrected chi connectivity index (χ0v) is 15.8. The molecule has 1 heterocycles. The van der Waals surface area contributed by atoms with Gasteiger partial charge in [0, 0.05) is 30.4 Å². The van der Waals surface area contributed by atoms with Gasteiger partial charge in [-0.05, 0) is 24.6 Å². The summed E-state index contributed by atoms with van der Waals surface area (Å²) in [5.74, 6) is 0.282. The summed E-state index contributed by atoms with van der Waals surface area (Å²) in [7, 11) is 0. The number of ether oxygens (including phenoxy) is 2. The van der Waals surface area contributed by atoms with Crippen molar-refractivity contribution in [3.8, 4) is 5.75 Å². The number of carbonyl (C=O) groups is 1. The number of esters is 1. The molecule has 6 nitrogen and oxygen atoms in total. The third-order valence-corrected chi connectivity index (χ3v) is 4.24. The van der Waals surface area contributed by atoms with Gasteiger partial charge in [0.15, 0.2) is 0 Å². The van der Waals surface area contributed by atoms with Crippen molar-refractivity contribution in [2.45, 2.75) is 58.0 Å². The lowest BCUT2D eigenvalue weighted by atomic mass is 10.1. The Balaban J connectivity index is 1.63. The van der Waals surface area contributed by atoms with Crippen molar-refractivity contribution < 1.29 is 23.8 Å². The molecule has 0 aliphatic rings. The summed E-state index contributed by atoms with van der Waals surface area (Å²) in [5.41, 5.74) is 0.0377. The van der Waals surface area contributed by atoms with Gasteiger partial charge in [0.1, 0.15) is 17.9 Å². The number of aliphatic hydroxyl groups excluding tert-OH is 1. The van der Waals surface area contributed by atoms with Crippen LogP contribution in [0.1, 0.15) is 51.9 Å². The number of benzene rings is 1. The number of unbranched alkanes of at least 4 members (excludes halogenated alkanes) is 4. The van der Waals surface area contributed by atoms with E-state index in [4.69, 9.17) is 13.9 Å². The molecule has 0 amide bonds. The lowest BCUT2D eigenvalue weighted by Crippen LogP contribution is -2.21. The minimum Gasteiger partial charge on any atom is -0.493 e. The zero-order chi connectivity index (χ0) is 19.5. The lowest BCUT2D eigenvalue weighted by molar-refractivity contribution is -0.147. The second-order valence-electron chi connectivity index (χ2n) is 6.59. The van der Waals surface area contributed by atoms with Crippen LogP contribution in [0.4, 0.5) is 0 Å². The van der Waals surface area contributed by atoms with E-state index in [1.807, 2.05) is 0 Å². The Morgan fingerprint density at radius 1 is 1.15 bits per heavy atom. The predicted molar refractivity (Wildman–Crippen MR) is 103 cm³/mol. The fourth-order valence-electron chi connectivity index (χ4n) is 2.66. The average Bonchev–Trinajstić information content (AvgIpc) is 2.66. The molecule has 0 aliphatic carbocycles. The number of rotatable bonds is 12. The van der Waals surface area contributed by atoms with Crippen LogP contribution in [0.5, 0.6) is 5.75 Å². The maximum atomic E-state index is 11.6. The summed E-state index contributed by atoms with van der Waals surface area (Å²) in [6, 6.07) is 8.26. The molecule has 2 rings (SSSR count). The Bertz CT molecular complexity index is 767. The molecule has 0 bridgehead atoms. The van der Waals surface area contributed by atoms with Gasteiger partial charge >= 0.3 is 11.6 Å². The molecule has 27 heavy (non-hydrogen) atoms. The highest BCUT2D eigenvalue weighted by Crippen LogP contribution is 2.19. The van der Waals surface area contributed by atoms with Crippen molar-refractivity contribution in [2.75, 3.05) is 13.2 Å². The van der Waals surface area contributed by atoms with Gasteiger partial charge in [0.2, 0.25) is 0 Å². The van der Waals surface area contributed by atoms with Gasteiger partial charge in [0.05, 0.1) is 12.7 Å². The van der Waals surface area contributed by atoms with E-state index in [0.29, 0.717) is 24.2 Å². The third kappa shape index (κ3) is 7.83. The normalized spacial score (nSPS) is 12.1. The summed E-state index contributed by atoms with van der Waals surface area (Å²) in [4.78, 5) is 22.9. The van der Waals surface area contributed by atoms with Gasteiger partial charge in [0.25, 0.3) is 0 Å². The van der Waals surface area contributed by atoms with Gasteiger partial charge < -0.3 is 19.0 Å². The molecule has 1 N–H and O–H groups in total. The summed E-state index contributed by atoms with van der Waals surface area (Å²) in [6.45, 7) is 2.39. The van der Waals surface area contributed by atoms with Crippen LogP contribution in [0, 0.1) is 0 Å². The van der Waals surface area contributed by atoms with Gasteiger partial charge in [-0.1, -0.05) is 32.6 Å². The minimum absolute atomic E-state index is 0.0241. The highest BCUT2D eigenvalue weighted by atomic mass is 16.5. The van der Waals surface area contributed by atoms with Gasteiger partial charge in [-0.25, -0.2) is 4.79 Å². The van der Waals surface area contributed by atoms with Crippen molar-refractivity contribution in [3.05, 3.63) is 40.8 Å². The van der Waals surface area contributed by atoms with Crippen molar-refractivity contribution in [1.29, 1.82) is 0 Å². The van der Waals surface area contributed by atoms with Gasteiger partial charge in [-0.2, -0.15) is 0 Å². The Kier molecular flexibility index (Phi) is 8.84. The average molecular weight is 376 g/mol. The standard InChI is InChI=1S/C21H28O6/c1-2-3-4-5-6-7-20(23)26-15-17(22)12-13-25-18-10-8-16-9-11-21(24)27-19(16)14-18/h8-11,14,17,22H,2-7,12-13,15H2,1H3. The van der Waals surface area contributed by atoms with Gasteiger partial charge in [-0.3, -0.25) is 4.79 Å². The highest BCUT2D eigenvalue weighted by Gasteiger charge is 2.09. The first kappa shape index (κ1) is 21.0. The van der Waals surface area contributed by atoms with E-state index in [2.05, 4.69) is 6.92 Å². The van der Waals surface area contributed by atoms with Crippen LogP contribution in [0.3, 0.4) is 0 Å². The molecule has 6 heteroatoms. The van der Waals surface area contributed by atoms with E-state index in [1.165, 1.54) is 18.9 Å². The minimum atomic E-state index is -0.771. The Hall–Kier alpha value is -2.34. The van der Waals surface area contributed by atoms with Gasteiger partial charge in [-0.15, -0.1) is 0 Å². The first-order valence-corrected chi connectivity index (χ1v) is 9.59. The molecule has 2 aromatic rings. The second kappa shape index (κ2) is 11.4. The van der Waals surface area contributed by atoms with Crippen molar-refractivity contribution >= 4 is 16.9 Å². The summed E-state index contributed by atoms with van der Waals surface area (Å²) in [5, 5.41) is 10.7. The van der Waals surface area contributed by atoms with E-state index in [0.717, 1.165) is 24.6 Å². The molecule has 0 radical (unpaired) electrons. The fraction of sp³-hybridized carbons (Fsp3) is 0.524. The molecule has 1 aromatic heterocycles. The highest BCUT2D eigenvalue weighted by molar-refractivity contribution is 5.77. The number of hydrogen-bond donors (Lipinski definition) is 1. The summed E-state index contributed by atoms with van der Waals surface area (Å²) >= 11 is 0. The van der Waals surface area contributed by atoms with Crippen LogP contribution in [0.2, 0.25) is 0 Å². The number of fused-ring (bicyclic) bond motifs is 1. The lowest BCUT2D eigenvalue weighted by Gasteiger charge is -2.12. The molecular weight excluding hydrogens is 348 g/mol. The van der Waals surface area contributed by atoms with Crippen molar-refractivity contribution in [3.63, 3.8) is 0 Å². The summed E-state index contributed by atoms with van der Waals surface area (Å²) < 4.78 is 15.8.